The van der Waals surface area contributed by atoms with Crippen LogP contribution in [-0.2, 0) is 12.1 Å². The number of carbonyl (C=O) groups excluding carboxylic acids is 2. The van der Waals surface area contributed by atoms with Gasteiger partial charge in [0, 0.05) is 48.9 Å². The van der Waals surface area contributed by atoms with Crippen LogP contribution in [0.1, 0.15) is 87.2 Å². The summed E-state index contributed by atoms with van der Waals surface area (Å²) in [5.41, 5.74) is 0.932. The van der Waals surface area contributed by atoms with Gasteiger partial charge in [-0.2, -0.15) is 0 Å². The quantitative estimate of drug-likeness (QED) is 0.359. The van der Waals surface area contributed by atoms with Crippen molar-refractivity contribution in [3.8, 4) is 0 Å². The van der Waals surface area contributed by atoms with Crippen molar-refractivity contribution in [3.05, 3.63) is 70.8 Å². The topological polar surface area (TPSA) is 72.9 Å². The molecule has 0 aliphatic heterocycles. The number of nitrogens with zero attached hydrogens (tertiary/aromatic N) is 2. The number of nitrogens with one attached hydrogen (secondary N) is 1. The van der Waals surface area contributed by atoms with E-state index in [1.807, 2.05) is 43.9 Å². The average molecular weight is 510 g/mol. The SMILES string of the molecule is CCN(CC(C)C)C(=O)c1ccc(C(=O)N(CC)CC(C)C)c(C(C)(O)NC(C)Cc2ccccc2)c1. The van der Waals surface area contributed by atoms with E-state index in [2.05, 4.69) is 45.1 Å². The van der Waals surface area contributed by atoms with Crippen molar-refractivity contribution in [3.63, 3.8) is 0 Å². The zero-order valence-corrected chi connectivity index (χ0v) is 24.0. The summed E-state index contributed by atoms with van der Waals surface area (Å²) in [5.74, 6) is 0.408. The second-order valence-corrected chi connectivity index (χ2v) is 11.0. The monoisotopic (exact) mass is 509 g/mol. The van der Waals surface area contributed by atoms with Crippen LogP contribution in [0.5, 0.6) is 0 Å². The molecular formula is C31H47N3O3. The summed E-state index contributed by atoms with van der Waals surface area (Å²) >= 11 is 0. The van der Waals surface area contributed by atoms with E-state index >= 15 is 0 Å². The Bertz CT molecular complexity index is 1020. The fourth-order valence-electron chi connectivity index (χ4n) is 4.79. The lowest BCUT2D eigenvalue weighted by Gasteiger charge is -2.33. The molecule has 0 saturated carbocycles. The number of hydrogen-bond acceptors (Lipinski definition) is 4. The van der Waals surface area contributed by atoms with Crippen molar-refractivity contribution < 1.29 is 14.7 Å². The standard InChI is InChI=1S/C31H47N3O3/c1-9-33(20-22(3)4)29(35)26-16-17-27(30(36)34(10-2)21-23(5)6)28(19-26)31(8,37)32-24(7)18-25-14-12-11-13-15-25/h11-17,19,22-24,32,37H,9-10,18,20-21H2,1-8H3. The van der Waals surface area contributed by atoms with E-state index in [4.69, 9.17) is 0 Å². The minimum absolute atomic E-state index is 0.0780. The summed E-state index contributed by atoms with van der Waals surface area (Å²) < 4.78 is 0. The third-order valence-electron chi connectivity index (χ3n) is 6.44. The van der Waals surface area contributed by atoms with Gasteiger partial charge in [0.1, 0.15) is 5.72 Å². The average Bonchev–Trinajstić information content (AvgIpc) is 2.84. The minimum atomic E-state index is -1.53. The summed E-state index contributed by atoms with van der Waals surface area (Å²) in [7, 11) is 0. The van der Waals surface area contributed by atoms with Crippen molar-refractivity contribution in [2.24, 2.45) is 11.8 Å². The van der Waals surface area contributed by atoms with Crippen molar-refractivity contribution in [2.75, 3.05) is 26.2 Å². The Morgan fingerprint density at radius 3 is 1.92 bits per heavy atom. The van der Waals surface area contributed by atoms with Crippen LogP contribution in [-0.4, -0.2) is 58.9 Å². The molecule has 0 radical (unpaired) electrons. The number of rotatable bonds is 13. The number of aliphatic hydroxyl groups is 1. The van der Waals surface area contributed by atoms with Gasteiger partial charge in [0.2, 0.25) is 0 Å². The van der Waals surface area contributed by atoms with Gasteiger partial charge in [-0.3, -0.25) is 14.9 Å². The molecule has 6 heteroatoms. The highest BCUT2D eigenvalue weighted by Gasteiger charge is 2.32. The molecule has 2 aromatic carbocycles. The summed E-state index contributed by atoms with van der Waals surface area (Å²) in [6.07, 6.45) is 0.714. The van der Waals surface area contributed by atoms with Crippen LogP contribution in [0.15, 0.2) is 48.5 Å². The molecular weight excluding hydrogens is 462 g/mol. The van der Waals surface area contributed by atoms with Crippen molar-refractivity contribution in [2.45, 2.75) is 73.6 Å². The Morgan fingerprint density at radius 2 is 1.41 bits per heavy atom. The molecule has 0 bridgehead atoms. The van der Waals surface area contributed by atoms with Gasteiger partial charge in [0.15, 0.2) is 0 Å². The van der Waals surface area contributed by atoms with Crippen LogP contribution >= 0.6 is 0 Å². The van der Waals surface area contributed by atoms with Crippen LogP contribution in [0.2, 0.25) is 0 Å². The molecule has 2 amide bonds. The van der Waals surface area contributed by atoms with Crippen LogP contribution in [0.4, 0.5) is 0 Å². The van der Waals surface area contributed by atoms with Crippen molar-refractivity contribution in [1.82, 2.24) is 15.1 Å². The molecule has 0 aliphatic rings. The third kappa shape index (κ3) is 8.68. The predicted octanol–water partition coefficient (Wildman–Crippen LogP) is 5.31. The lowest BCUT2D eigenvalue weighted by molar-refractivity contribution is 0.00827. The number of amides is 2. The van der Waals surface area contributed by atoms with Gasteiger partial charge >= 0.3 is 0 Å². The molecule has 0 aromatic heterocycles. The number of hydrogen-bond donors (Lipinski definition) is 2. The summed E-state index contributed by atoms with van der Waals surface area (Å²) in [5, 5.41) is 15.1. The van der Waals surface area contributed by atoms with Gasteiger partial charge in [-0.1, -0.05) is 58.0 Å². The largest absolute Gasteiger partial charge is 0.372 e. The van der Waals surface area contributed by atoms with Crippen LogP contribution in [0.3, 0.4) is 0 Å². The van der Waals surface area contributed by atoms with Gasteiger partial charge in [-0.15, -0.1) is 0 Å². The molecule has 2 N–H and O–H groups in total. The normalized spacial score (nSPS) is 13.9. The predicted molar refractivity (Wildman–Crippen MR) is 152 cm³/mol. The lowest BCUT2D eigenvalue weighted by atomic mass is 9.93. The molecule has 37 heavy (non-hydrogen) atoms. The first kappa shape index (κ1) is 30.5. The zero-order chi connectivity index (χ0) is 27.8. The Labute approximate surface area is 224 Å². The summed E-state index contributed by atoms with van der Waals surface area (Å²) in [4.78, 5) is 30.7. The maximum atomic E-state index is 13.7. The van der Waals surface area contributed by atoms with Crippen molar-refractivity contribution in [1.29, 1.82) is 0 Å². The fraction of sp³-hybridized carbons (Fsp3) is 0.548. The van der Waals surface area contributed by atoms with E-state index in [1.165, 1.54) is 0 Å². The molecule has 2 unspecified atom stereocenters. The fourth-order valence-corrected chi connectivity index (χ4v) is 4.79. The van der Waals surface area contributed by atoms with E-state index in [1.54, 1.807) is 30.0 Å². The second kappa shape index (κ2) is 13.7. The zero-order valence-electron chi connectivity index (χ0n) is 24.0. The highest BCUT2D eigenvalue weighted by Crippen LogP contribution is 2.27. The van der Waals surface area contributed by atoms with Crippen molar-refractivity contribution >= 4 is 11.8 Å². The van der Waals surface area contributed by atoms with E-state index in [0.29, 0.717) is 61.1 Å². The van der Waals surface area contributed by atoms with E-state index in [9.17, 15) is 14.7 Å². The first-order valence-corrected chi connectivity index (χ1v) is 13.7. The molecule has 0 spiro atoms. The molecule has 2 rings (SSSR count). The van der Waals surface area contributed by atoms with Crippen LogP contribution < -0.4 is 5.32 Å². The van der Waals surface area contributed by atoms with Gasteiger partial charge in [-0.05, 0) is 69.7 Å². The van der Waals surface area contributed by atoms with E-state index < -0.39 is 5.72 Å². The van der Waals surface area contributed by atoms with Crippen LogP contribution in [0.25, 0.3) is 0 Å². The van der Waals surface area contributed by atoms with Crippen LogP contribution in [0, 0.1) is 11.8 Å². The number of benzene rings is 2. The second-order valence-electron chi connectivity index (χ2n) is 11.0. The molecule has 0 saturated heterocycles. The van der Waals surface area contributed by atoms with E-state index in [0.717, 1.165) is 5.56 Å². The minimum Gasteiger partial charge on any atom is -0.372 e. The summed E-state index contributed by atoms with van der Waals surface area (Å²) in [6.45, 7) is 18.3. The molecule has 2 aromatic rings. The first-order chi connectivity index (χ1) is 17.4. The molecule has 0 heterocycles. The maximum absolute atomic E-state index is 13.7. The Morgan fingerprint density at radius 1 is 0.865 bits per heavy atom. The summed E-state index contributed by atoms with van der Waals surface area (Å²) in [6, 6.07) is 15.1. The van der Waals surface area contributed by atoms with Gasteiger partial charge < -0.3 is 14.9 Å². The molecule has 2 atom stereocenters. The van der Waals surface area contributed by atoms with Gasteiger partial charge in [0.25, 0.3) is 11.8 Å². The first-order valence-electron chi connectivity index (χ1n) is 13.7. The highest BCUT2D eigenvalue weighted by atomic mass is 16.3. The molecule has 0 fully saturated rings. The van der Waals surface area contributed by atoms with Gasteiger partial charge in [-0.25, -0.2) is 0 Å². The Hall–Kier alpha value is -2.70. The molecule has 0 aliphatic carbocycles. The molecule has 6 nitrogen and oxygen atoms in total. The number of carbonyl (C=O) groups is 2. The Kier molecular flexibility index (Phi) is 11.3. The lowest BCUT2D eigenvalue weighted by Crippen LogP contribution is -2.47. The molecule has 204 valence electrons. The van der Waals surface area contributed by atoms with Gasteiger partial charge in [0.05, 0.1) is 0 Å². The third-order valence-corrected chi connectivity index (χ3v) is 6.44. The smallest absolute Gasteiger partial charge is 0.254 e. The Balaban J connectivity index is 2.50. The van der Waals surface area contributed by atoms with E-state index in [-0.39, 0.29) is 17.9 Å². The maximum Gasteiger partial charge on any atom is 0.254 e. The highest BCUT2D eigenvalue weighted by molar-refractivity contribution is 5.99.